The molecule has 0 fully saturated rings. The molecule has 0 radical (unpaired) electrons. The summed E-state index contributed by atoms with van der Waals surface area (Å²) < 4.78 is 0. The second kappa shape index (κ2) is 9.57. The van der Waals surface area contributed by atoms with Crippen LogP contribution in [-0.4, -0.2) is 9.97 Å². The monoisotopic (exact) mass is 495 g/mol. The van der Waals surface area contributed by atoms with Gasteiger partial charge in [-0.25, -0.2) is 0 Å². The molecular formula is C35H33N3. The van der Waals surface area contributed by atoms with Crippen LogP contribution in [0.5, 0.6) is 0 Å². The van der Waals surface area contributed by atoms with E-state index in [9.17, 15) is 0 Å². The Kier molecular flexibility index (Phi) is 6.07. The number of hydrogen-bond donors (Lipinski definition) is 0. The average molecular weight is 496 g/mol. The minimum Gasteiger partial charge on any atom is -0.310 e. The summed E-state index contributed by atoms with van der Waals surface area (Å²) in [6.45, 7) is 8.86. The molecule has 1 aliphatic rings. The summed E-state index contributed by atoms with van der Waals surface area (Å²) in [7, 11) is 0. The third-order valence-corrected chi connectivity index (χ3v) is 7.46. The molecule has 6 rings (SSSR count). The Morgan fingerprint density at radius 2 is 1.34 bits per heavy atom. The number of aryl methyl sites for hydroxylation is 3. The third-order valence-electron chi connectivity index (χ3n) is 7.46. The zero-order chi connectivity index (χ0) is 26.3. The van der Waals surface area contributed by atoms with Gasteiger partial charge < -0.3 is 4.90 Å². The van der Waals surface area contributed by atoms with E-state index in [1.807, 2.05) is 18.5 Å². The molecule has 1 aliphatic heterocycles. The van der Waals surface area contributed by atoms with Crippen LogP contribution in [0.25, 0.3) is 22.5 Å². The van der Waals surface area contributed by atoms with Crippen molar-refractivity contribution in [3.05, 3.63) is 126 Å². The van der Waals surface area contributed by atoms with Gasteiger partial charge in [-0.3, -0.25) is 9.97 Å². The second-order valence-corrected chi connectivity index (χ2v) is 11.3. The summed E-state index contributed by atoms with van der Waals surface area (Å²) in [4.78, 5) is 11.9. The fourth-order valence-electron chi connectivity index (χ4n) is 5.31. The molecule has 0 aliphatic carbocycles. The maximum absolute atomic E-state index is 4.77. The van der Waals surface area contributed by atoms with Gasteiger partial charge in [-0.05, 0) is 96.0 Å². The molecular weight excluding hydrogens is 462 g/mol. The number of hydrogen-bond acceptors (Lipinski definition) is 3. The number of rotatable bonds is 3. The maximum atomic E-state index is 4.77. The van der Waals surface area contributed by atoms with E-state index in [2.05, 4.69) is 123 Å². The number of benzene rings is 3. The van der Waals surface area contributed by atoms with E-state index in [0.29, 0.717) is 0 Å². The Labute approximate surface area is 225 Å². The van der Waals surface area contributed by atoms with Gasteiger partial charge in [-0.1, -0.05) is 63.2 Å². The van der Waals surface area contributed by atoms with Crippen LogP contribution < -0.4 is 4.90 Å². The van der Waals surface area contributed by atoms with E-state index in [-0.39, 0.29) is 5.41 Å². The Morgan fingerprint density at radius 3 is 2.13 bits per heavy atom. The average Bonchev–Trinajstić information content (AvgIpc) is 3.09. The zero-order valence-electron chi connectivity index (χ0n) is 22.6. The minimum absolute atomic E-state index is 0.0681. The van der Waals surface area contributed by atoms with Crippen LogP contribution in [-0.2, 0) is 18.3 Å². The van der Waals surface area contributed by atoms with Gasteiger partial charge in [0, 0.05) is 34.9 Å². The Balaban J connectivity index is 1.53. The van der Waals surface area contributed by atoms with E-state index in [1.54, 1.807) is 0 Å². The molecule has 0 spiro atoms. The Morgan fingerprint density at radius 1 is 0.632 bits per heavy atom. The molecule has 0 bridgehead atoms. The van der Waals surface area contributed by atoms with E-state index < -0.39 is 0 Å². The number of fused-ring (bicyclic) bond motifs is 2. The predicted molar refractivity (Wildman–Crippen MR) is 158 cm³/mol. The smallest absolute Gasteiger partial charge is 0.0705 e. The van der Waals surface area contributed by atoms with E-state index >= 15 is 0 Å². The molecule has 0 saturated carbocycles. The van der Waals surface area contributed by atoms with Crippen LogP contribution in [0.15, 0.2) is 103 Å². The highest BCUT2D eigenvalue weighted by Crippen LogP contribution is 2.44. The van der Waals surface area contributed by atoms with Gasteiger partial charge in [0.05, 0.1) is 17.1 Å². The van der Waals surface area contributed by atoms with Crippen molar-refractivity contribution in [2.24, 2.45) is 0 Å². The van der Waals surface area contributed by atoms with Crippen molar-refractivity contribution in [1.82, 2.24) is 9.97 Å². The molecule has 0 N–H and O–H groups in total. The fraction of sp³-hybridized carbons (Fsp3) is 0.200. The fourth-order valence-corrected chi connectivity index (χ4v) is 5.31. The summed E-state index contributed by atoms with van der Waals surface area (Å²) in [5, 5.41) is 0. The molecule has 0 unspecified atom stereocenters. The van der Waals surface area contributed by atoms with E-state index in [0.717, 1.165) is 41.0 Å². The summed E-state index contributed by atoms with van der Waals surface area (Å²) in [5.41, 5.74) is 13.1. The zero-order valence-corrected chi connectivity index (χ0v) is 22.6. The van der Waals surface area contributed by atoms with Crippen molar-refractivity contribution in [3.63, 3.8) is 0 Å². The van der Waals surface area contributed by atoms with Gasteiger partial charge in [0.2, 0.25) is 0 Å². The Bertz CT molecular complexity index is 1630. The normalized spacial score (nSPS) is 13.0. The summed E-state index contributed by atoms with van der Waals surface area (Å²) >= 11 is 0. The number of pyridine rings is 2. The quantitative estimate of drug-likeness (QED) is 0.250. The highest BCUT2D eigenvalue weighted by Gasteiger charge is 2.23. The van der Waals surface area contributed by atoms with Gasteiger partial charge in [-0.2, -0.15) is 0 Å². The molecule has 3 nitrogen and oxygen atoms in total. The SMILES string of the molecule is Cc1ccnc(-c2cccc(N3c4ccccc4CCc4ccc(-c5cc(C(C)(C)C)ccn5)cc43)c2)c1. The predicted octanol–water partition coefficient (Wildman–Crippen LogP) is 8.98. The lowest BCUT2D eigenvalue weighted by molar-refractivity contribution is 0.589. The van der Waals surface area contributed by atoms with Crippen molar-refractivity contribution in [3.8, 4) is 22.5 Å². The first-order valence-corrected chi connectivity index (χ1v) is 13.4. The molecule has 3 heterocycles. The lowest BCUT2D eigenvalue weighted by atomic mass is 9.87. The van der Waals surface area contributed by atoms with E-state index in [4.69, 9.17) is 4.98 Å². The number of anilines is 3. The highest BCUT2D eigenvalue weighted by atomic mass is 15.1. The van der Waals surface area contributed by atoms with Crippen LogP contribution in [0.3, 0.4) is 0 Å². The molecule has 0 saturated heterocycles. The van der Waals surface area contributed by atoms with Crippen molar-refractivity contribution in [2.45, 2.75) is 46.0 Å². The number of nitrogens with zero attached hydrogens (tertiary/aromatic N) is 3. The molecule has 188 valence electrons. The highest BCUT2D eigenvalue weighted by molar-refractivity contribution is 5.85. The molecule has 38 heavy (non-hydrogen) atoms. The van der Waals surface area contributed by atoms with Crippen molar-refractivity contribution < 1.29 is 0 Å². The first-order chi connectivity index (χ1) is 18.4. The summed E-state index contributed by atoms with van der Waals surface area (Å²) in [6, 6.07) is 32.9. The van der Waals surface area contributed by atoms with Gasteiger partial charge in [0.15, 0.2) is 0 Å². The van der Waals surface area contributed by atoms with Crippen molar-refractivity contribution in [2.75, 3.05) is 4.90 Å². The van der Waals surface area contributed by atoms with Gasteiger partial charge in [0.25, 0.3) is 0 Å². The van der Waals surface area contributed by atoms with Crippen LogP contribution in [0.2, 0.25) is 0 Å². The van der Waals surface area contributed by atoms with Crippen LogP contribution in [0, 0.1) is 6.92 Å². The van der Waals surface area contributed by atoms with Crippen LogP contribution in [0.1, 0.15) is 43.0 Å². The lowest BCUT2D eigenvalue weighted by Gasteiger charge is -2.28. The molecule has 2 aromatic heterocycles. The number of para-hydroxylation sites is 1. The first kappa shape index (κ1) is 24.1. The first-order valence-electron chi connectivity index (χ1n) is 13.4. The van der Waals surface area contributed by atoms with Gasteiger partial charge in [-0.15, -0.1) is 0 Å². The molecule has 3 aromatic carbocycles. The maximum Gasteiger partial charge on any atom is 0.0705 e. The summed E-state index contributed by atoms with van der Waals surface area (Å²) in [6.07, 6.45) is 5.83. The largest absolute Gasteiger partial charge is 0.310 e. The van der Waals surface area contributed by atoms with Crippen LogP contribution in [0.4, 0.5) is 17.1 Å². The molecule has 5 aromatic rings. The van der Waals surface area contributed by atoms with Crippen molar-refractivity contribution >= 4 is 17.1 Å². The van der Waals surface area contributed by atoms with E-state index in [1.165, 1.54) is 33.6 Å². The molecule has 0 atom stereocenters. The van der Waals surface area contributed by atoms with Crippen molar-refractivity contribution in [1.29, 1.82) is 0 Å². The van der Waals surface area contributed by atoms with Gasteiger partial charge in [0.1, 0.15) is 0 Å². The Hall–Kier alpha value is -4.24. The van der Waals surface area contributed by atoms with Gasteiger partial charge >= 0.3 is 0 Å². The molecule has 3 heteroatoms. The summed E-state index contributed by atoms with van der Waals surface area (Å²) in [5.74, 6) is 0. The minimum atomic E-state index is 0.0681. The van der Waals surface area contributed by atoms with Crippen LogP contribution >= 0.6 is 0 Å². The lowest BCUT2D eigenvalue weighted by Crippen LogP contribution is -2.12. The topological polar surface area (TPSA) is 29.0 Å². The third kappa shape index (κ3) is 4.61. The number of aromatic nitrogens is 2. The second-order valence-electron chi connectivity index (χ2n) is 11.3. The standard InChI is InChI=1S/C35H33N3/c1-24-16-18-36-31(20-24)27-9-7-10-30(21-27)38-33-11-6-5-8-25(33)12-13-26-14-15-28(22-34(26)38)32-23-29(17-19-37-32)35(2,3)4/h5-11,14-23H,12-13H2,1-4H3. The molecule has 0 amide bonds.